The van der Waals surface area contributed by atoms with Gasteiger partial charge in [-0.1, -0.05) is 185 Å². The van der Waals surface area contributed by atoms with Gasteiger partial charge in [0.1, 0.15) is 0 Å². The van der Waals surface area contributed by atoms with E-state index in [2.05, 4.69) is 142 Å². The molecule has 3 N–H and O–H groups in total. The second-order valence-corrected chi connectivity index (χ2v) is 12.9. The quantitative estimate of drug-likeness (QED) is 0.126. The largest absolute Gasteiger partial charge is 0.362 e. The highest BCUT2D eigenvalue weighted by Crippen LogP contribution is 2.37. The first-order chi connectivity index (χ1) is 25.8. The lowest BCUT2D eigenvalue weighted by molar-refractivity contribution is 1.07. The lowest BCUT2D eigenvalue weighted by Gasteiger charge is -2.14. The lowest BCUT2D eigenvalue weighted by atomic mass is 9.98. The average molecular weight is 719 g/mol. The van der Waals surface area contributed by atoms with Gasteiger partial charge in [-0.15, -0.1) is 0 Å². The Bertz CT molecular complexity index is 1840. The van der Waals surface area contributed by atoms with Gasteiger partial charge >= 0.3 is 0 Å². The average Bonchev–Trinajstić information content (AvgIpc) is 3.21. The summed E-state index contributed by atoms with van der Waals surface area (Å²) >= 11 is 1.78. The van der Waals surface area contributed by atoms with Crippen LogP contribution in [-0.4, -0.2) is 0 Å². The molecular weight excluding hydrogens is 661 g/mol. The molecule has 0 radical (unpaired) electrons. The number of rotatable bonds is 12. The summed E-state index contributed by atoms with van der Waals surface area (Å²) in [5, 5.41) is 3.40. The number of hydrogen-bond acceptors (Lipinski definition) is 3. The van der Waals surface area contributed by atoms with Crippen molar-refractivity contribution in [2.24, 2.45) is 5.73 Å². The molecule has 0 atom stereocenters. The van der Waals surface area contributed by atoms with E-state index in [1.54, 1.807) is 11.8 Å². The predicted molar refractivity (Wildman–Crippen MR) is 237 cm³/mol. The number of allylic oxidation sites excluding steroid dienone is 9. The third-order valence-corrected chi connectivity index (χ3v) is 8.98. The van der Waals surface area contributed by atoms with Gasteiger partial charge in [-0.05, 0) is 103 Å². The molecule has 0 saturated heterocycles. The predicted octanol–water partition coefficient (Wildman–Crippen LogP) is 14.1. The molecule has 0 aliphatic rings. The van der Waals surface area contributed by atoms with E-state index in [1.165, 1.54) is 32.0 Å². The van der Waals surface area contributed by atoms with Gasteiger partial charge in [-0.2, -0.15) is 0 Å². The summed E-state index contributed by atoms with van der Waals surface area (Å²) in [5.74, 6) is 0. The second kappa shape index (κ2) is 26.4. The summed E-state index contributed by atoms with van der Waals surface area (Å²) in [4.78, 5) is 2.44. The number of benzene rings is 5. The van der Waals surface area contributed by atoms with Crippen LogP contribution in [0, 0.1) is 13.8 Å². The highest BCUT2D eigenvalue weighted by molar-refractivity contribution is 7.99. The fourth-order valence-electron chi connectivity index (χ4n) is 4.71. The second-order valence-electron chi connectivity index (χ2n) is 11.8. The Hall–Kier alpha value is -5.35. The van der Waals surface area contributed by atoms with Crippen LogP contribution in [0.15, 0.2) is 210 Å². The van der Waals surface area contributed by atoms with Crippen LogP contribution >= 0.6 is 11.8 Å². The molecule has 0 spiro atoms. The van der Waals surface area contributed by atoms with Crippen molar-refractivity contribution in [1.29, 1.82) is 0 Å². The van der Waals surface area contributed by atoms with Gasteiger partial charge in [0, 0.05) is 28.2 Å². The van der Waals surface area contributed by atoms with E-state index >= 15 is 0 Å². The van der Waals surface area contributed by atoms with Crippen LogP contribution in [-0.2, 0) is 13.0 Å². The minimum absolute atomic E-state index is 0.640. The van der Waals surface area contributed by atoms with Gasteiger partial charge in [-0.25, -0.2) is 0 Å². The first-order valence-corrected chi connectivity index (χ1v) is 19.2. The topological polar surface area (TPSA) is 38.0 Å². The van der Waals surface area contributed by atoms with Crippen molar-refractivity contribution >= 4 is 23.0 Å². The van der Waals surface area contributed by atoms with Crippen LogP contribution in [0.4, 0.5) is 5.69 Å². The molecule has 0 saturated carbocycles. The Morgan fingerprint density at radius 3 is 1.79 bits per heavy atom. The van der Waals surface area contributed by atoms with E-state index in [0.29, 0.717) is 6.54 Å². The molecule has 5 aromatic rings. The Morgan fingerprint density at radius 2 is 1.26 bits per heavy atom. The number of aryl methyl sites for hydroxylation is 3. The van der Waals surface area contributed by atoms with Crippen LogP contribution in [0.3, 0.4) is 0 Å². The molecule has 0 aromatic heterocycles. The molecule has 5 aromatic carbocycles. The molecule has 0 heterocycles. The molecular formula is C50H58N2S. The maximum atomic E-state index is 5.35. The first kappa shape index (κ1) is 43.8. The molecule has 274 valence electrons. The van der Waals surface area contributed by atoms with Gasteiger partial charge in [0.2, 0.25) is 0 Å². The molecule has 0 aliphatic heterocycles. The minimum Gasteiger partial charge on any atom is -0.362 e. The highest BCUT2D eigenvalue weighted by Gasteiger charge is 2.11. The molecule has 0 fully saturated rings. The van der Waals surface area contributed by atoms with Crippen molar-refractivity contribution in [2.75, 3.05) is 5.32 Å². The van der Waals surface area contributed by atoms with Crippen molar-refractivity contribution in [2.45, 2.75) is 64.3 Å². The fraction of sp³-hybridized carbons (Fsp3) is 0.160. The maximum absolute atomic E-state index is 5.35. The number of anilines is 1. The number of hydrogen-bond donors (Lipinski definition) is 2. The highest BCUT2D eigenvalue weighted by atomic mass is 32.2. The van der Waals surface area contributed by atoms with E-state index < -0.39 is 0 Å². The molecule has 0 unspecified atom stereocenters. The maximum Gasteiger partial charge on any atom is 0.0379 e. The van der Waals surface area contributed by atoms with E-state index in [9.17, 15) is 0 Å². The summed E-state index contributed by atoms with van der Waals surface area (Å²) < 4.78 is 0. The third-order valence-electron chi connectivity index (χ3n) is 7.72. The zero-order chi connectivity index (χ0) is 38.7. The van der Waals surface area contributed by atoms with Crippen LogP contribution in [0.2, 0.25) is 0 Å². The molecule has 3 heteroatoms. The Balaban J connectivity index is 0.000000438. The Kier molecular flexibility index (Phi) is 21.8. The van der Waals surface area contributed by atoms with Crippen molar-refractivity contribution in [3.63, 3.8) is 0 Å². The summed E-state index contributed by atoms with van der Waals surface area (Å²) in [6.07, 6.45) is 15.3. The van der Waals surface area contributed by atoms with Crippen LogP contribution in [0.1, 0.15) is 55.5 Å². The number of nitrogens with one attached hydrogen (secondary N) is 1. The number of nitrogens with two attached hydrogens (primary N) is 1. The Morgan fingerprint density at radius 1 is 0.679 bits per heavy atom. The zero-order valence-corrected chi connectivity index (χ0v) is 33.4. The Labute approximate surface area is 325 Å². The standard InChI is InChI=1S/C33H33NS.C8H10.C7H9N.C2H6/c1-6-7-9-13-26(3)28(5)24-29(22-23-34-30-20-18-25(2)19-21-30)32-17-12-14-27(4)33(32)35-31-15-10-8-11-16-31;1-2-8-6-4-3-5-7-8;8-6-7-4-2-1-3-5-7;1-2/h6-24,34H,3,5H2,1-2,4H3;3-7H,2H2,1H3;1-5H,6,8H2;1-2H3/b7-6-,13-9-,23-22-,29-24+;;;. The summed E-state index contributed by atoms with van der Waals surface area (Å²) in [7, 11) is 0. The summed E-state index contributed by atoms with van der Waals surface area (Å²) in [5.41, 5.74) is 15.4. The molecule has 0 aliphatic carbocycles. The van der Waals surface area contributed by atoms with Crippen molar-refractivity contribution in [1.82, 2.24) is 0 Å². The van der Waals surface area contributed by atoms with E-state index in [0.717, 1.165) is 34.4 Å². The summed E-state index contributed by atoms with van der Waals surface area (Å²) in [6.45, 7) is 21.6. The lowest BCUT2D eigenvalue weighted by Crippen LogP contribution is -1.94. The molecule has 53 heavy (non-hydrogen) atoms. The van der Waals surface area contributed by atoms with E-state index in [4.69, 9.17) is 5.73 Å². The first-order valence-electron chi connectivity index (χ1n) is 18.3. The normalized spacial score (nSPS) is 10.8. The van der Waals surface area contributed by atoms with Gasteiger partial charge in [0.05, 0.1) is 0 Å². The third kappa shape index (κ3) is 17.1. The van der Waals surface area contributed by atoms with Crippen molar-refractivity contribution in [3.05, 3.63) is 228 Å². The minimum atomic E-state index is 0.640. The van der Waals surface area contributed by atoms with Gasteiger partial charge in [0.25, 0.3) is 0 Å². The fourth-order valence-corrected chi connectivity index (χ4v) is 5.77. The van der Waals surface area contributed by atoms with E-state index in [1.807, 2.05) is 93.7 Å². The van der Waals surface area contributed by atoms with E-state index in [-0.39, 0.29) is 0 Å². The van der Waals surface area contributed by atoms with Crippen LogP contribution in [0.25, 0.3) is 5.57 Å². The monoisotopic (exact) mass is 718 g/mol. The van der Waals surface area contributed by atoms with Crippen molar-refractivity contribution in [3.8, 4) is 0 Å². The molecule has 0 amide bonds. The summed E-state index contributed by atoms with van der Waals surface area (Å²) in [6, 6.07) is 45.7. The SMILES string of the molecule is C=C(/C=C\C=C/C)C(=C)/C=C(\C=C/Nc1ccc(C)cc1)c1cccc(C)c1Sc1ccccc1.CC.CCc1ccccc1.NCc1ccccc1. The smallest absolute Gasteiger partial charge is 0.0379 e. The molecule has 2 nitrogen and oxygen atoms in total. The van der Waals surface area contributed by atoms with Gasteiger partial charge in [-0.3, -0.25) is 0 Å². The van der Waals surface area contributed by atoms with Gasteiger partial charge < -0.3 is 11.1 Å². The van der Waals surface area contributed by atoms with Gasteiger partial charge in [0.15, 0.2) is 0 Å². The molecule has 5 rings (SSSR count). The van der Waals surface area contributed by atoms with Crippen molar-refractivity contribution < 1.29 is 0 Å². The zero-order valence-electron chi connectivity index (χ0n) is 32.6. The van der Waals surface area contributed by atoms with Crippen LogP contribution in [0.5, 0.6) is 0 Å². The molecule has 0 bridgehead atoms. The van der Waals surface area contributed by atoms with Crippen LogP contribution < -0.4 is 11.1 Å².